The van der Waals surface area contributed by atoms with E-state index in [1.165, 1.54) is 11.4 Å². The van der Waals surface area contributed by atoms with Gasteiger partial charge in [-0.1, -0.05) is 6.07 Å². The van der Waals surface area contributed by atoms with Crippen LogP contribution in [0.3, 0.4) is 0 Å². The van der Waals surface area contributed by atoms with Crippen LogP contribution in [0.4, 0.5) is 11.4 Å². The Morgan fingerprint density at radius 1 is 1.54 bits per heavy atom. The fraction of sp³-hybridized carbons (Fsp3) is 0.400. The maximum atomic E-state index is 3.55. The van der Waals surface area contributed by atoms with E-state index in [1.807, 2.05) is 0 Å². The number of halogens is 1. The summed E-state index contributed by atoms with van der Waals surface area (Å²) in [6, 6.07) is 6.32. The van der Waals surface area contributed by atoms with Crippen molar-refractivity contribution < 1.29 is 0 Å². The Labute approximate surface area is 87.1 Å². The SMILES string of the molecule is CCN1CCNc2c(Br)cccc21. The molecule has 1 heterocycles. The van der Waals surface area contributed by atoms with Gasteiger partial charge in [-0.2, -0.15) is 0 Å². The topological polar surface area (TPSA) is 15.3 Å². The Balaban J connectivity index is 2.45. The van der Waals surface area contributed by atoms with E-state index in [4.69, 9.17) is 0 Å². The lowest BCUT2D eigenvalue weighted by Crippen LogP contribution is -2.33. The molecule has 1 aromatic carbocycles. The predicted octanol–water partition coefficient (Wildman–Crippen LogP) is 2.70. The van der Waals surface area contributed by atoms with Gasteiger partial charge in [0.2, 0.25) is 0 Å². The van der Waals surface area contributed by atoms with Gasteiger partial charge in [-0.15, -0.1) is 0 Å². The number of anilines is 2. The number of benzene rings is 1. The zero-order valence-electron chi connectivity index (χ0n) is 7.68. The zero-order valence-corrected chi connectivity index (χ0v) is 9.26. The molecule has 2 rings (SSSR count). The molecular formula is C10H13BrN2. The lowest BCUT2D eigenvalue weighted by molar-refractivity contribution is 0.814. The molecule has 0 fully saturated rings. The van der Waals surface area contributed by atoms with Crippen LogP contribution in [0.25, 0.3) is 0 Å². The average Bonchev–Trinajstić information content (AvgIpc) is 2.18. The van der Waals surface area contributed by atoms with Crippen LogP contribution in [0.5, 0.6) is 0 Å². The molecule has 3 heteroatoms. The highest BCUT2D eigenvalue weighted by atomic mass is 79.9. The summed E-state index contributed by atoms with van der Waals surface area (Å²) in [5, 5.41) is 3.41. The van der Waals surface area contributed by atoms with E-state index in [1.54, 1.807) is 0 Å². The maximum absolute atomic E-state index is 3.55. The summed E-state index contributed by atoms with van der Waals surface area (Å²) in [4.78, 5) is 2.39. The molecule has 0 spiro atoms. The number of nitrogens with zero attached hydrogens (tertiary/aromatic N) is 1. The number of para-hydroxylation sites is 1. The van der Waals surface area contributed by atoms with E-state index < -0.39 is 0 Å². The first-order chi connectivity index (χ1) is 6.33. The van der Waals surface area contributed by atoms with Crippen molar-refractivity contribution in [2.45, 2.75) is 6.92 Å². The number of hydrogen-bond donors (Lipinski definition) is 1. The van der Waals surface area contributed by atoms with E-state index in [0.29, 0.717) is 0 Å². The fourth-order valence-electron chi connectivity index (χ4n) is 1.72. The molecule has 1 aliphatic heterocycles. The Bertz CT molecular complexity index is 312. The second kappa shape index (κ2) is 3.58. The number of nitrogens with one attached hydrogen (secondary N) is 1. The molecule has 0 atom stereocenters. The van der Waals surface area contributed by atoms with E-state index >= 15 is 0 Å². The third-order valence-electron chi connectivity index (χ3n) is 2.40. The first-order valence-corrected chi connectivity index (χ1v) is 5.39. The molecule has 0 radical (unpaired) electrons. The van der Waals surface area contributed by atoms with Crippen LogP contribution < -0.4 is 10.2 Å². The molecule has 0 saturated heterocycles. The first-order valence-electron chi connectivity index (χ1n) is 4.60. The largest absolute Gasteiger partial charge is 0.381 e. The van der Waals surface area contributed by atoms with E-state index in [9.17, 15) is 0 Å². The third-order valence-corrected chi connectivity index (χ3v) is 3.06. The molecule has 0 saturated carbocycles. The second-order valence-corrected chi connectivity index (χ2v) is 3.99. The van der Waals surface area contributed by atoms with Gasteiger partial charge in [-0.25, -0.2) is 0 Å². The van der Waals surface area contributed by atoms with Gasteiger partial charge >= 0.3 is 0 Å². The van der Waals surface area contributed by atoms with E-state index in [0.717, 1.165) is 24.1 Å². The van der Waals surface area contributed by atoms with Gasteiger partial charge in [-0.05, 0) is 35.0 Å². The molecule has 0 amide bonds. The Morgan fingerprint density at radius 3 is 3.15 bits per heavy atom. The first kappa shape index (κ1) is 8.88. The van der Waals surface area contributed by atoms with Gasteiger partial charge < -0.3 is 10.2 Å². The molecule has 0 aliphatic carbocycles. The molecule has 70 valence electrons. The highest BCUT2D eigenvalue weighted by Gasteiger charge is 2.15. The van der Waals surface area contributed by atoms with Crippen molar-refractivity contribution in [2.24, 2.45) is 0 Å². The van der Waals surface area contributed by atoms with Crippen molar-refractivity contribution in [1.29, 1.82) is 0 Å². The Hall–Kier alpha value is -0.700. The van der Waals surface area contributed by atoms with Crippen LogP contribution in [0, 0.1) is 0 Å². The van der Waals surface area contributed by atoms with Gasteiger partial charge in [-0.3, -0.25) is 0 Å². The molecule has 2 nitrogen and oxygen atoms in total. The van der Waals surface area contributed by atoms with Crippen LogP contribution in [0.15, 0.2) is 22.7 Å². The van der Waals surface area contributed by atoms with Crippen LogP contribution in [0.1, 0.15) is 6.92 Å². The molecule has 0 unspecified atom stereocenters. The lowest BCUT2D eigenvalue weighted by atomic mass is 10.2. The van der Waals surface area contributed by atoms with Crippen molar-refractivity contribution in [3.63, 3.8) is 0 Å². The fourth-order valence-corrected chi connectivity index (χ4v) is 2.21. The molecular weight excluding hydrogens is 228 g/mol. The van der Waals surface area contributed by atoms with Crippen molar-refractivity contribution in [3.05, 3.63) is 22.7 Å². The number of rotatable bonds is 1. The van der Waals surface area contributed by atoms with Gasteiger partial charge in [0.25, 0.3) is 0 Å². The maximum Gasteiger partial charge on any atom is 0.0723 e. The van der Waals surface area contributed by atoms with Crippen molar-refractivity contribution in [3.8, 4) is 0 Å². The summed E-state index contributed by atoms with van der Waals surface area (Å²) in [5.74, 6) is 0. The number of fused-ring (bicyclic) bond motifs is 1. The third kappa shape index (κ3) is 1.53. The number of likely N-dealkylation sites (N-methyl/N-ethyl adjacent to an activating group) is 1. The van der Waals surface area contributed by atoms with E-state index in [-0.39, 0.29) is 0 Å². The minimum atomic E-state index is 1.03. The minimum absolute atomic E-state index is 1.03. The molecule has 13 heavy (non-hydrogen) atoms. The van der Waals surface area contributed by atoms with Crippen molar-refractivity contribution >= 4 is 27.3 Å². The average molecular weight is 241 g/mol. The second-order valence-electron chi connectivity index (χ2n) is 3.14. The standard InChI is InChI=1S/C10H13BrN2/c1-2-13-7-6-12-10-8(11)4-3-5-9(10)13/h3-5,12H,2,6-7H2,1H3. The highest BCUT2D eigenvalue weighted by Crippen LogP contribution is 2.34. The van der Waals surface area contributed by atoms with Gasteiger partial charge in [0.15, 0.2) is 0 Å². The van der Waals surface area contributed by atoms with Gasteiger partial charge in [0.05, 0.1) is 11.4 Å². The highest BCUT2D eigenvalue weighted by molar-refractivity contribution is 9.10. The van der Waals surface area contributed by atoms with Crippen molar-refractivity contribution in [1.82, 2.24) is 0 Å². The molecule has 1 aliphatic rings. The van der Waals surface area contributed by atoms with Crippen LogP contribution in [-0.2, 0) is 0 Å². The number of hydrogen-bond acceptors (Lipinski definition) is 2. The molecule has 0 bridgehead atoms. The molecule has 0 aromatic heterocycles. The van der Waals surface area contributed by atoms with E-state index in [2.05, 4.69) is 51.3 Å². The zero-order chi connectivity index (χ0) is 9.26. The normalized spacial score (nSPS) is 15.1. The van der Waals surface area contributed by atoms with Crippen LogP contribution in [0.2, 0.25) is 0 Å². The van der Waals surface area contributed by atoms with Crippen molar-refractivity contribution in [2.75, 3.05) is 29.9 Å². The van der Waals surface area contributed by atoms with Crippen LogP contribution in [-0.4, -0.2) is 19.6 Å². The van der Waals surface area contributed by atoms with Crippen LogP contribution >= 0.6 is 15.9 Å². The molecule has 1 N–H and O–H groups in total. The summed E-state index contributed by atoms with van der Waals surface area (Å²) in [6.07, 6.45) is 0. The summed E-state index contributed by atoms with van der Waals surface area (Å²) >= 11 is 3.55. The van der Waals surface area contributed by atoms with Gasteiger partial charge in [0.1, 0.15) is 0 Å². The van der Waals surface area contributed by atoms with Gasteiger partial charge in [0, 0.05) is 24.1 Å². The lowest BCUT2D eigenvalue weighted by Gasteiger charge is -2.31. The Kier molecular flexibility index (Phi) is 2.44. The summed E-state index contributed by atoms with van der Waals surface area (Å²) < 4.78 is 1.16. The monoisotopic (exact) mass is 240 g/mol. The molecule has 1 aromatic rings. The summed E-state index contributed by atoms with van der Waals surface area (Å²) in [6.45, 7) is 5.39. The minimum Gasteiger partial charge on any atom is -0.381 e. The summed E-state index contributed by atoms with van der Waals surface area (Å²) in [7, 11) is 0. The predicted molar refractivity (Wildman–Crippen MR) is 60.5 cm³/mol. The Morgan fingerprint density at radius 2 is 2.38 bits per heavy atom. The quantitative estimate of drug-likeness (QED) is 0.813. The summed E-state index contributed by atoms with van der Waals surface area (Å²) in [5.41, 5.74) is 2.54. The smallest absolute Gasteiger partial charge is 0.0723 e.